The number of benzene rings is 5. The molecule has 0 saturated carbocycles. The van der Waals surface area contributed by atoms with Crippen molar-refractivity contribution in [2.24, 2.45) is 0 Å². The first-order valence-corrected chi connectivity index (χ1v) is 14.6. The molecule has 0 aliphatic heterocycles. The van der Waals surface area contributed by atoms with Gasteiger partial charge < -0.3 is 14.5 Å². The van der Waals surface area contributed by atoms with E-state index in [4.69, 9.17) is 9.47 Å². The fraction of sp³-hybridized carbons (Fsp3) is 0.103. The summed E-state index contributed by atoms with van der Waals surface area (Å²) in [7, 11) is 0. The summed E-state index contributed by atoms with van der Waals surface area (Å²) in [4.78, 5) is 16.9. The normalized spacial score (nSPS) is 11.3. The molecular weight excluding hydrogens is 530 g/mol. The zero-order chi connectivity index (χ0) is 29.5. The van der Waals surface area contributed by atoms with Crippen molar-refractivity contribution in [3.8, 4) is 22.3 Å². The predicted octanol–water partition coefficient (Wildman–Crippen LogP) is 9.03. The largest absolute Gasteiger partial charge is 0.461 e. The van der Waals surface area contributed by atoms with Gasteiger partial charge in [0.05, 0.1) is 18.9 Å². The Kier molecular flexibility index (Phi) is 8.30. The number of hydrogen-bond donors (Lipinski definition) is 1. The molecule has 43 heavy (non-hydrogen) atoms. The van der Waals surface area contributed by atoms with Gasteiger partial charge in [-0.15, -0.1) is 0 Å². The molecule has 6 aromatic rings. The van der Waals surface area contributed by atoms with E-state index in [0.717, 1.165) is 44.6 Å². The van der Waals surface area contributed by atoms with Crippen LogP contribution in [0.25, 0.3) is 22.3 Å². The van der Waals surface area contributed by atoms with Gasteiger partial charge in [-0.05, 0) is 34.7 Å². The summed E-state index contributed by atoms with van der Waals surface area (Å²) in [5, 5.41) is 0. The lowest BCUT2D eigenvalue weighted by Crippen LogP contribution is -2.33. The molecule has 4 nitrogen and oxygen atoms in total. The standard InChI is InChI=1S/C39H33NO3/c1-2-42-38(41)37-36(30-20-10-4-11-21-30)35(29-18-8-3-9-19-29)34(40-37)28-43-39(31-22-12-5-13-23-31,32-24-14-6-15-25-32)33-26-16-7-17-27-33/h3-27,40H,2,28H2,1H3. The van der Waals surface area contributed by atoms with Crippen LogP contribution in [0.4, 0.5) is 0 Å². The average molecular weight is 564 g/mol. The zero-order valence-electron chi connectivity index (χ0n) is 24.1. The molecule has 0 amide bonds. The maximum Gasteiger partial charge on any atom is 0.355 e. The van der Waals surface area contributed by atoms with Gasteiger partial charge in [-0.1, -0.05) is 152 Å². The van der Waals surface area contributed by atoms with Gasteiger partial charge in [-0.3, -0.25) is 0 Å². The summed E-state index contributed by atoms with van der Waals surface area (Å²) in [6, 6.07) is 51.0. The van der Waals surface area contributed by atoms with E-state index in [0.29, 0.717) is 5.69 Å². The highest BCUT2D eigenvalue weighted by Crippen LogP contribution is 2.44. The minimum Gasteiger partial charge on any atom is -0.461 e. The van der Waals surface area contributed by atoms with Gasteiger partial charge in [0.1, 0.15) is 11.3 Å². The molecule has 0 bridgehead atoms. The molecule has 0 aliphatic rings. The van der Waals surface area contributed by atoms with E-state index in [-0.39, 0.29) is 13.2 Å². The Morgan fingerprint density at radius 1 is 0.581 bits per heavy atom. The number of aromatic amines is 1. The Labute approximate surface area is 252 Å². The fourth-order valence-electron chi connectivity index (χ4n) is 5.78. The number of nitrogens with one attached hydrogen (secondary N) is 1. The fourth-order valence-corrected chi connectivity index (χ4v) is 5.78. The Hall–Kier alpha value is -5.19. The third-order valence-electron chi connectivity index (χ3n) is 7.66. The Morgan fingerprint density at radius 2 is 0.977 bits per heavy atom. The lowest BCUT2D eigenvalue weighted by molar-refractivity contribution is -0.00106. The number of aromatic nitrogens is 1. The van der Waals surface area contributed by atoms with Crippen molar-refractivity contribution in [1.29, 1.82) is 0 Å². The number of rotatable bonds is 10. The van der Waals surface area contributed by atoms with Gasteiger partial charge in [0.25, 0.3) is 0 Å². The van der Waals surface area contributed by atoms with Gasteiger partial charge in [-0.2, -0.15) is 0 Å². The van der Waals surface area contributed by atoms with Gasteiger partial charge in [-0.25, -0.2) is 4.79 Å². The zero-order valence-corrected chi connectivity index (χ0v) is 24.1. The summed E-state index contributed by atoms with van der Waals surface area (Å²) in [6.45, 7) is 2.29. The first kappa shape index (κ1) is 28.0. The van der Waals surface area contributed by atoms with Crippen LogP contribution < -0.4 is 0 Å². The molecular formula is C39H33NO3. The number of carbonyl (C=O) groups is 1. The second-order valence-corrected chi connectivity index (χ2v) is 10.2. The van der Waals surface area contributed by atoms with Crippen LogP contribution in [-0.2, 0) is 21.7 Å². The van der Waals surface area contributed by atoms with Crippen LogP contribution in [0.5, 0.6) is 0 Å². The summed E-state index contributed by atoms with van der Waals surface area (Å²) in [5.41, 5.74) is 6.93. The number of hydrogen-bond acceptors (Lipinski definition) is 3. The molecule has 1 heterocycles. The van der Waals surface area contributed by atoms with Crippen molar-refractivity contribution in [2.75, 3.05) is 6.61 Å². The molecule has 0 unspecified atom stereocenters. The minimum atomic E-state index is -0.917. The van der Waals surface area contributed by atoms with E-state index in [9.17, 15) is 4.79 Å². The molecule has 0 aliphatic carbocycles. The van der Waals surface area contributed by atoms with Crippen molar-refractivity contribution < 1.29 is 14.3 Å². The molecule has 0 fully saturated rings. The van der Waals surface area contributed by atoms with Crippen LogP contribution in [0.1, 0.15) is 39.8 Å². The summed E-state index contributed by atoms with van der Waals surface area (Å²) < 4.78 is 12.7. The quantitative estimate of drug-likeness (QED) is 0.134. The smallest absolute Gasteiger partial charge is 0.355 e. The molecule has 4 heteroatoms. The molecule has 5 aromatic carbocycles. The van der Waals surface area contributed by atoms with Crippen LogP contribution >= 0.6 is 0 Å². The van der Waals surface area contributed by atoms with Crippen molar-refractivity contribution in [3.63, 3.8) is 0 Å². The van der Waals surface area contributed by atoms with Gasteiger partial charge in [0.2, 0.25) is 0 Å². The van der Waals surface area contributed by atoms with E-state index in [1.165, 1.54) is 0 Å². The topological polar surface area (TPSA) is 51.3 Å². The van der Waals surface area contributed by atoms with E-state index in [1.54, 1.807) is 0 Å². The molecule has 6 rings (SSSR count). The molecule has 0 spiro atoms. The highest BCUT2D eigenvalue weighted by molar-refractivity contribution is 6.02. The molecule has 1 aromatic heterocycles. The monoisotopic (exact) mass is 563 g/mol. The third kappa shape index (κ3) is 5.53. The van der Waals surface area contributed by atoms with Gasteiger partial charge >= 0.3 is 5.97 Å². The van der Waals surface area contributed by atoms with Crippen molar-refractivity contribution in [2.45, 2.75) is 19.1 Å². The lowest BCUT2D eigenvalue weighted by atomic mass is 9.80. The van der Waals surface area contributed by atoms with Crippen molar-refractivity contribution in [1.82, 2.24) is 4.98 Å². The van der Waals surface area contributed by atoms with Crippen molar-refractivity contribution in [3.05, 3.63) is 180 Å². The Morgan fingerprint density at radius 3 is 1.40 bits per heavy atom. The van der Waals surface area contributed by atoms with Crippen LogP contribution in [0.2, 0.25) is 0 Å². The Bertz CT molecular complexity index is 1670. The number of esters is 1. The molecule has 1 N–H and O–H groups in total. The maximum absolute atomic E-state index is 13.4. The van der Waals surface area contributed by atoms with E-state index < -0.39 is 11.6 Å². The number of H-pyrrole nitrogens is 1. The SMILES string of the molecule is CCOC(=O)c1[nH]c(COC(c2ccccc2)(c2ccccc2)c2ccccc2)c(-c2ccccc2)c1-c1ccccc1. The molecule has 0 radical (unpaired) electrons. The van der Waals surface area contributed by atoms with Crippen LogP contribution in [-0.4, -0.2) is 17.6 Å². The number of ether oxygens (including phenoxy) is 2. The first-order chi connectivity index (χ1) is 21.2. The van der Waals surface area contributed by atoms with Crippen LogP contribution in [0, 0.1) is 0 Å². The highest BCUT2D eigenvalue weighted by atomic mass is 16.5. The second kappa shape index (κ2) is 12.8. The Balaban J connectivity index is 1.57. The second-order valence-electron chi connectivity index (χ2n) is 10.2. The van der Waals surface area contributed by atoms with Gasteiger partial charge in [0, 0.05) is 11.1 Å². The molecule has 212 valence electrons. The summed E-state index contributed by atoms with van der Waals surface area (Å²) in [5.74, 6) is -0.398. The first-order valence-electron chi connectivity index (χ1n) is 14.6. The van der Waals surface area contributed by atoms with Crippen LogP contribution in [0.3, 0.4) is 0 Å². The summed E-state index contributed by atoms with van der Waals surface area (Å²) >= 11 is 0. The van der Waals surface area contributed by atoms with E-state index in [2.05, 4.69) is 53.5 Å². The van der Waals surface area contributed by atoms with Crippen molar-refractivity contribution >= 4 is 5.97 Å². The average Bonchev–Trinajstić information content (AvgIpc) is 3.47. The maximum atomic E-state index is 13.4. The minimum absolute atomic E-state index is 0.197. The third-order valence-corrected chi connectivity index (χ3v) is 7.66. The predicted molar refractivity (Wildman–Crippen MR) is 172 cm³/mol. The highest BCUT2D eigenvalue weighted by Gasteiger charge is 2.38. The van der Waals surface area contributed by atoms with Gasteiger partial charge in [0.15, 0.2) is 0 Å². The van der Waals surface area contributed by atoms with Crippen LogP contribution in [0.15, 0.2) is 152 Å². The molecule has 0 saturated heterocycles. The lowest BCUT2D eigenvalue weighted by Gasteiger charge is -2.36. The van der Waals surface area contributed by atoms with E-state index >= 15 is 0 Å². The van der Waals surface area contributed by atoms with E-state index in [1.807, 2.05) is 110 Å². The summed E-state index contributed by atoms with van der Waals surface area (Å²) in [6.07, 6.45) is 0. The molecule has 0 atom stereocenters. The number of carbonyl (C=O) groups excluding carboxylic acids is 1.